The maximum atomic E-state index is 12.9. The van der Waals surface area contributed by atoms with Crippen molar-refractivity contribution in [2.24, 2.45) is 13.0 Å². The lowest BCUT2D eigenvalue weighted by molar-refractivity contribution is 0.0684. The highest BCUT2D eigenvalue weighted by Crippen LogP contribution is 2.36. The Morgan fingerprint density at radius 2 is 2.09 bits per heavy atom. The summed E-state index contributed by atoms with van der Waals surface area (Å²) in [6, 6.07) is 0.438. The molecule has 1 saturated carbocycles. The lowest BCUT2D eigenvalue weighted by Gasteiger charge is -2.28. The van der Waals surface area contributed by atoms with Crippen LogP contribution in [0.1, 0.15) is 49.0 Å². The summed E-state index contributed by atoms with van der Waals surface area (Å²) in [5.41, 5.74) is 1.57. The molecule has 0 N–H and O–H groups in total. The van der Waals surface area contributed by atoms with Crippen LogP contribution < -0.4 is 0 Å². The molecule has 3 heterocycles. The van der Waals surface area contributed by atoms with Crippen LogP contribution in [0.5, 0.6) is 0 Å². The molecule has 1 saturated heterocycles. The van der Waals surface area contributed by atoms with Crippen LogP contribution in [0.4, 0.5) is 0 Å². The van der Waals surface area contributed by atoms with Crippen LogP contribution in [0, 0.1) is 5.92 Å². The Morgan fingerprint density at radius 1 is 1.26 bits per heavy atom. The third kappa shape index (κ3) is 2.80. The molecule has 0 aromatic carbocycles. The minimum Gasteiger partial charge on any atom is -0.334 e. The van der Waals surface area contributed by atoms with Crippen molar-refractivity contribution in [3.8, 4) is 10.6 Å². The van der Waals surface area contributed by atoms with Gasteiger partial charge in [0, 0.05) is 36.8 Å². The molecule has 1 atom stereocenters. The molecule has 1 aliphatic heterocycles. The van der Waals surface area contributed by atoms with E-state index in [4.69, 9.17) is 0 Å². The summed E-state index contributed by atoms with van der Waals surface area (Å²) in [6.45, 7) is 0.889. The highest BCUT2D eigenvalue weighted by atomic mass is 32.1. The van der Waals surface area contributed by atoms with E-state index < -0.39 is 0 Å². The van der Waals surface area contributed by atoms with E-state index >= 15 is 0 Å². The first-order valence-corrected chi connectivity index (χ1v) is 9.36. The Hall–Kier alpha value is -1.69. The Balaban J connectivity index is 1.53. The molecular formula is C17H22N4OS. The molecule has 1 aliphatic carbocycles. The average Bonchev–Trinajstić information content (AvgIpc) is 3.31. The lowest BCUT2D eigenvalue weighted by atomic mass is 9.96. The van der Waals surface area contributed by atoms with E-state index in [1.165, 1.54) is 37.0 Å². The predicted octanol–water partition coefficient (Wildman–Crippen LogP) is 3.34. The van der Waals surface area contributed by atoms with Gasteiger partial charge in [0.15, 0.2) is 0 Å². The second kappa shape index (κ2) is 6.07. The summed E-state index contributed by atoms with van der Waals surface area (Å²) in [7, 11) is 1.89. The summed E-state index contributed by atoms with van der Waals surface area (Å²) in [5, 5.41) is 6.95. The molecule has 23 heavy (non-hydrogen) atoms. The van der Waals surface area contributed by atoms with Crippen molar-refractivity contribution < 1.29 is 4.79 Å². The molecule has 2 fully saturated rings. The van der Waals surface area contributed by atoms with E-state index in [1.54, 1.807) is 10.9 Å². The highest BCUT2D eigenvalue weighted by Gasteiger charge is 2.36. The number of thiazole rings is 1. The molecule has 4 rings (SSSR count). The molecule has 1 unspecified atom stereocenters. The maximum absolute atomic E-state index is 12.9. The van der Waals surface area contributed by atoms with Crippen molar-refractivity contribution in [3.05, 3.63) is 23.5 Å². The maximum Gasteiger partial charge on any atom is 0.273 e. The fraction of sp³-hybridized carbons (Fsp3) is 0.588. The zero-order valence-corrected chi connectivity index (χ0v) is 14.3. The van der Waals surface area contributed by atoms with E-state index in [0.717, 1.165) is 30.0 Å². The summed E-state index contributed by atoms with van der Waals surface area (Å²) in [5.74, 6) is 0.823. The zero-order chi connectivity index (χ0) is 15.8. The first kappa shape index (κ1) is 14.9. The number of amides is 1. The Labute approximate surface area is 140 Å². The molecular weight excluding hydrogens is 308 g/mol. The standard InChI is InChI=1S/C17H22N4OS/c1-20-10-13(9-18-20)16-19-14(11-23-16)17(22)21-8-4-7-15(21)12-5-2-3-6-12/h9-12,15H,2-8H2,1H3. The molecule has 6 heteroatoms. The SMILES string of the molecule is Cn1cc(-c2nc(C(=O)N3CCCC3C3CCCC3)cs2)cn1. The minimum atomic E-state index is 0.116. The van der Waals surface area contributed by atoms with E-state index in [-0.39, 0.29) is 5.91 Å². The van der Waals surface area contributed by atoms with Crippen molar-refractivity contribution >= 4 is 17.2 Å². The number of likely N-dealkylation sites (tertiary alicyclic amines) is 1. The number of hydrogen-bond acceptors (Lipinski definition) is 4. The van der Waals surface area contributed by atoms with E-state index in [2.05, 4.69) is 15.0 Å². The van der Waals surface area contributed by atoms with Crippen LogP contribution >= 0.6 is 11.3 Å². The van der Waals surface area contributed by atoms with Gasteiger partial charge in [0.25, 0.3) is 5.91 Å². The predicted molar refractivity (Wildman–Crippen MR) is 90.3 cm³/mol. The molecule has 0 bridgehead atoms. The zero-order valence-electron chi connectivity index (χ0n) is 13.4. The summed E-state index contributed by atoms with van der Waals surface area (Å²) >= 11 is 1.52. The first-order valence-electron chi connectivity index (χ1n) is 8.48. The third-order valence-corrected chi connectivity index (χ3v) is 6.07. The smallest absolute Gasteiger partial charge is 0.273 e. The van der Waals surface area contributed by atoms with Gasteiger partial charge in [-0.3, -0.25) is 9.48 Å². The van der Waals surface area contributed by atoms with Crippen LogP contribution in [-0.2, 0) is 7.05 Å². The van der Waals surface area contributed by atoms with Crippen LogP contribution in [0.15, 0.2) is 17.8 Å². The van der Waals surface area contributed by atoms with Gasteiger partial charge in [-0.25, -0.2) is 4.98 Å². The fourth-order valence-electron chi connectivity index (χ4n) is 4.06. The van der Waals surface area contributed by atoms with Gasteiger partial charge in [-0.1, -0.05) is 12.8 Å². The molecule has 2 aromatic rings. The van der Waals surface area contributed by atoms with Gasteiger partial charge < -0.3 is 4.90 Å². The van der Waals surface area contributed by atoms with Gasteiger partial charge in [0.05, 0.1) is 6.20 Å². The topological polar surface area (TPSA) is 51.0 Å². The van der Waals surface area contributed by atoms with E-state index in [9.17, 15) is 4.79 Å². The Kier molecular flexibility index (Phi) is 3.93. The van der Waals surface area contributed by atoms with Crippen LogP contribution in [-0.4, -0.2) is 38.2 Å². The largest absolute Gasteiger partial charge is 0.334 e. The number of hydrogen-bond donors (Lipinski definition) is 0. The number of carbonyl (C=O) groups excluding carboxylic acids is 1. The monoisotopic (exact) mass is 330 g/mol. The van der Waals surface area contributed by atoms with Gasteiger partial charge in [-0.05, 0) is 31.6 Å². The van der Waals surface area contributed by atoms with Crippen LogP contribution in [0.25, 0.3) is 10.6 Å². The van der Waals surface area contributed by atoms with Gasteiger partial charge in [-0.15, -0.1) is 11.3 Å². The quantitative estimate of drug-likeness (QED) is 0.867. The van der Waals surface area contributed by atoms with Gasteiger partial charge >= 0.3 is 0 Å². The van der Waals surface area contributed by atoms with Gasteiger partial charge in [0.1, 0.15) is 10.7 Å². The normalized spacial score (nSPS) is 22.1. The van der Waals surface area contributed by atoms with Gasteiger partial charge in [0.2, 0.25) is 0 Å². The fourth-order valence-corrected chi connectivity index (χ4v) is 4.83. The molecule has 0 radical (unpaired) electrons. The van der Waals surface area contributed by atoms with Crippen molar-refractivity contribution in [1.82, 2.24) is 19.7 Å². The summed E-state index contributed by atoms with van der Waals surface area (Å²) in [6.07, 6.45) is 11.2. The number of carbonyl (C=O) groups is 1. The molecule has 5 nitrogen and oxygen atoms in total. The van der Waals surface area contributed by atoms with Crippen LogP contribution in [0.2, 0.25) is 0 Å². The molecule has 2 aliphatic rings. The Bertz CT molecular complexity index is 701. The molecule has 1 amide bonds. The van der Waals surface area contributed by atoms with Crippen molar-refractivity contribution in [1.29, 1.82) is 0 Å². The summed E-state index contributed by atoms with van der Waals surface area (Å²) in [4.78, 5) is 19.6. The van der Waals surface area contributed by atoms with E-state index in [0.29, 0.717) is 17.7 Å². The van der Waals surface area contributed by atoms with Gasteiger partial charge in [-0.2, -0.15) is 5.10 Å². The lowest BCUT2D eigenvalue weighted by Crippen LogP contribution is -2.39. The van der Waals surface area contributed by atoms with Crippen LogP contribution in [0.3, 0.4) is 0 Å². The van der Waals surface area contributed by atoms with Crippen molar-refractivity contribution in [3.63, 3.8) is 0 Å². The highest BCUT2D eigenvalue weighted by molar-refractivity contribution is 7.13. The number of aromatic nitrogens is 3. The average molecular weight is 330 g/mol. The molecule has 2 aromatic heterocycles. The number of nitrogens with zero attached hydrogens (tertiary/aromatic N) is 4. The number of rotatable bonds is 3. The van der Waals surface area contributed by atoms with Crippen molar-refractivity contribution in [2.45, 2.75) is 44.6 Å². The van der Waals surface area contributed by atoms with Crippen molar-refractivity contribution in [2.75, 3.05) is 6.54 Å². The van der Waals surface area contributed by atoms with E-state index in [1.807, 2.05) is 18.6 Å². The summed E-state index contributed by atoms with van der Waals surface area (Å²) < 4.78 is 1.76. The second-order valence-electron chi connectivity index (χ2n) is 6.69. The molecule has 0 spiro atoms. The first-order chi connectivity index (χ1) is 11.2. The second-order valence-corrected chi connectivity index (χ2v) is 7.55. The Morgan fingerprint density at radius 3 is 2.83 bits per heavy atom. The number of aryl methyl sites for hydroxylation is 1. The minimum absolute atomic E-state index is 0.116. The molecule has 122 valence electrons. The third-order valence-electron chi connectivity index (χ3n) is 5.18.